The van der Waals surface area contributed by atoms with Crippen molar-refractivity contribution in [3.63, 3.8) is 0 Å². The molecule has 0 fully saturated rings. The number of nitrogens with two attached hydrogens (primary N) is 2. The van der Waals surface area contributed by atoms with Gasteiger partial charge in [0.25, 0.3) is 0 Å². The normalized spacial score (nSPS) is 10.8. The topological polar surface area (TPSA) is 52.0 Å². The number of rotatable bonds is 3. The quantitative estimate of drug-likeness (QED) is 0.499. The molecule has 0 aromatic heterocycles. The predicted molar refractivity (Wildman–Crippen MR) is 91.4 cm³/mol. The van der Waals surface area contributed by atoms with E-state index in [9.17, 15) is 0 Å². The monoisotopic (exact) mass is 500 g/mol. The maximum atomic E-state index is 6.14. The Balaban J connectivity index is 2.22. The molecule has 0 unspecified atom stereocenters. The van der Waals surface area contributed by atoms with Gasteiger partial charge in [0.1, 0.15) is 0 Å². The first-order valence-electron chi connectivity index (χ1n) is 6.47. The van der Waals surface area contributed by atoms with Crippen molar-refractivity contribution in [2.45, 2.75) is 27.7 Å². The molecule has 2 rings (SSSR count). The van der Waals surface area contributed by atoms with E-state index in [2.05, 4.69) is 52.0 Å². The van der Waals surface area contributed by atoms with Crippen molar-refractivity contribution >= 4 is 52.7 Å². The first kappa shape index (κ1) is 16.0. The summed E-state index contributed by atoms with van der Waals surface area (Å²) in [6, 6.07) is 8.87. The van der Waals surface area contributed by atoms with E-state index in [1.54, 1.807) is 0 Å². The zero-order chi connectivity index (χ0) is 14.9. The van der Waals surface area contributed by atoms with Crippen molar-refractivity contribution in [1.29, 1.82) is 0 Å². The van der Waals surface area contributed by atoms with Crippen LogP contribution in [0.4, 0.5) is 11.4 Å². The van der Waals surface area contributed by atoms with Crippen LogP contribution in [-0.4, -0.2) is 34.1 Å². The average Bonchev–Trinajstić information content (AvgIpc) is 2.43. The fourth-order valence-electron chi connectivity index (χ4n) is 1.96. The number of hydrogen-bond donors (Lipinski definition) is 2. The van der Waals surface area contributed by atoms with Crippen molar-refractivity contribution in [2.75, 3.05) is 11.5 Å². The summed E-state index contributed by atoms with van der Waals surface area (Å²) >= 11 is -0.288. The van der Waals surface area contributed by atoms with Crippen LogP contribution < -0.4 is 18.7 Å². The van der Waals surface area contributed by atoms with E-state index in [0.29, 0.717) is 0 Å². The second kappa shape index (κ2) is 6.59. The van der Waals surface area contributed by atoms with E-state index < -0.39 is 0 Å². The van der Waals surface area contributed by atoms with Crippen LogP contribution in [0, 0.1) is 27.7 Å². The number of nitrogen functional groups attached to an aromatic ring is 2. The molecule has 0 heterocycles. The van der Waals surface area contributed by atoms with E-state index >= 15 is 0 Å². The Morgan fingerprint density at radius 1 is 0.650 bits per heavy atom. The summed E-state index contributed by atoms with van der Waals surface area (Å²) in [6.07, 6.45) is 0. The molecule has 4 N–H and O–H groups in total. The maximum absolute atomic E-state index is 6.14. The van der Waals surface area contributed by atoms with Crippen molar-refractivity contribution in [3.8, 4) is 0 Å². The molecule has 0 spiro atoms. The molecule has 106 valence electrons. The van der Waals surface area contributed by atoms with Crippen LogP contribution in [-0.2, 0) is 0 Å². The van der Waals surface area contributed by atoms with E-state index in [4.69, 9.17) is 11.5 Å². The van der Waals surface area contributed by atoms with E-state index in [1.807, 2.05) is 0 Å². The molecule has 4 heteroatoms. The third-order valence-corrected chi connectivity index (χ3v) is 15.8. The van der Waals surface area contributed by atoms with E-state index in [1.165, 1.54) is 29.5 Å². The van der Waals surface area contributed by atoms with E-state index in [-0.39, 0.29) is 34.1 Å². The molecule has 2 nitrogen and oxygen atoms in total. The molecule has 0 aliphatic rings. The molecular formula is C16H20N2Te2. The van der Waals surface area contributed by atoms with Gasteiger partial charge in [0.05, 0.1) is 0 Å². The second-order valence-electron chi connectivity index (χ2n) is 5.01. The Morgan fingerprint density at radius 3 is 1.35 bits per heavy atom. The zero-order valence-electron chi connectivity index (χ0n) is 12.3. The Hall–Kier alpha value is -0.381. The van der Waals surface area contributed by atoms with Gasteiger partial charge in [-0.05, 0) is 0 Å². The molecule has 0 bridgehead atoms. The summed E-state index contributed by atoms with van der Waals surface area (Å²) in [5.41, 5.74) is 19.2. The van der Waals surface area contributed by atoms with Crippen molar-refractivity contribution in [2.24, 2.45) is 0 Å². The predicted octanol–water partition coefficient (Wildman–Crippen LogP) is 1.36. The van der Waals surface area contributed by atoms with Gasteiger partial charge >= 0.3 is 138 Å². The molecule has 2 aromatic carbocycles. The summed E-state index contributed by atoms with van der Waals surface area (Å²) in [6.45, 7) is 8.47. The molecule has 0 radical (unpaired) electrons. The summed E-state index contributed by atoms with van der Waals surface area (Å²) in [7, 11) is 0. The first-order chi connectivity index (χ1) is 9.41. The molecule has 0 aliphatic carbocycles. The molecular weight excluding hydrogens is 475 g/mol. The standard InChI is InChI=1S/C16H20N2Te2/c1-9-5-7-13(11(3)15(9)17)19-20-14-8-6-10(2)16(18)12(14)4/h5-8H,17-18H2,1-4H3. The van der Waals surface area contributed by atoms with Crippen molar-refractivity contribution in [1.82, 2.24) is 0 Å². The third kappa shape index (κ3) is 3.26. The fourth-order valence-corrected chi connectivity index (χ4v) is 14.9. The second-order valence-corrected chi connectivity index (χ2v) is 14.8. The SMILES string of the molecule is Cc1ccc([Te][Te]c2ccc(C)c(N)c2C)c(C)c1N. The van der Waals surface area contributed by atoms with Crippen LogP contribution in [0.1, 0.15) is 22.3 Å². The Labute approximate surface area is 137 Å². The minimum atomic E-state index is -0.144. The minimum absolute atomic E-state index is 0.144. The van der Waals surface area contributed by atoms with Crippen molar-refractivity contribution < 1.29 is 0 Å². The van der Waals surface area contributed by atoms with Gasteiger partial charge in [-0.25, -0.2) is 0 Å². The number of hydrogen-bond acceptors (Lipinski definition) is 2. The molecule has 0 amide bonds. The van der Waals surface area contributed by atoms with Crippen LogP contribution >= 0.6 is 0 Å². The number of anilines is 2. The van der Waals surface area contributed by atoms with E-state index in [0.717, 1.165) is 11.4 Å². The molecule has 0 saturated carbocycles. The zero-order valence-corrected chi connectivity index (χ0v) is 16.9. The first-order valence-corrected chi connectivity index (χ1v) is 16.1. The van der Waals surface area contributed by atoms with Gasteiger partial charge in [-0.3, -0.25) is 0 Å². The van der Waals surface area contributed by atoms with Gasteiger partial charge < -0.3 is 0 Å². The molecule has 0 aliphatic heterocycles. The van der Waals surface area contributed by atoms with Crippen LogP contribution in [0.2, 0.25) is 0 Å². The van der Waals surface area contributed by atoms with Crippen LogP contribution in [0.5, 0.6) is 0 Å². The number of benzene rings is 2. The average molecular weight is 496 g/mol. The fraction of sp³-hybridized carbons (Fsp3) is 0.250. The number of aryl methyl sites for hydroxylation is 2. The van der Waals surface area contributed by atoms with Crippen LogP contribution in [0.3, 0.4) is 0 Å². The molecule has 2 aromatic rings. The Bertz CT molecular complexity index is 594. The molecule has 0 atom stereocenters. The van der Waals surface area contributed by atoms with Crippen molar-refractivity contribution in [3.05, 3.63) is 46.5 Å². The summed E-state index contributed by atoms with van der Waals surface area (Å²) < 4.78 is 3.03. The molecule has 20 heavy (non-hydrogen) atoms. The van der Waals surface area contributed by atoms with Gasteiger partial charge in [-0.2, -0.15) is 0 Å². The Kier molecular flexibility index (Phi) is 5.27. The van der Waals surface area contributed by atoms with Crippen LogP contribution in [0.25, 0.3) is 0 Å². The van der Waals surface area contributed by atoms with Gasteiger partial charge in [0.15, 0.2) is 0 Å². The summed E-state index contributed by atoms with van der Waals surface area (Å²) in [5, 5.41) is 0. The van der Waals surface area contributed by atoms with Gasteiger partial charge in [-0.1, -0.05) is 0 Å². The molecule has 0 saturated heterocycles. The third-order valence-electron chi connectivity index (χ3n) is 3.59. The van der Waals surface area contributed by atoms with Gasteiger partial charge in [0, 0.05) is 0 Å². The summed E-state index contributed by atoms with van der Waals surface area (Å²) in [4.78, 5) is 0. The van der Waals surface area contributed by atoms with Gasteiger partial charge in [0.2, 0.25) is 0 Å². The van der Waals surface area contributed by atoms with Crippen LogP contribution in [0.15, 0.2) is 24.3 Å². The van der Waals surface area contributed by atoms with Gasteiger partial charge in [-0.15, -0.1) is 0 Å². The Morgan fingerprint density at radius 2 is 1.00 bits per heavy atom. The summed E-state index contributed by atoms with van der Waals surface area (Å²) in [5.74, 6) is 0.